The Balaban J connectivity index is 1.52. The Bertz CT molecular complexity index is 960. The van der Waals surface area contributed by atoms with Gasteiger partial charge >= 0.3 is 5.97 Å². The third-order valence-electron chi connectivity index (χ3n) is 5.79. The van der Waals surface area contributed by atoms with Crippen LogP contribution in [0.4, 0.5) is 0 Å². The van der Waals surface area contributed by atoms with E-state index in [1.807, 2.05) is 12.1 Å². The second kappa shape index (κ2) is 10.4. The van der Waals surface area contributed by atoms with Crippen molar-refractivity contribution < 1.29 is 19.1 Å². The van der Waals surface area contributed by atoms with Gasteiger partial charge in [0, 0.05) is 44.1 Å². The van der Waals surface area contributed by atoms with Crippen molar-refractivity contribution in [2.24, 2.45) is 5.92 Å². The van der Waals surface area contributed by atoms with Crippen LogP contribution in [0.2, 0.25) is 0 Å². The van der Waals surface area contributed by atoms with E-state index >= 15 is 0 Å². The van der Waals surface area contributed by atoms with Crippen LogP contribution in [-0.4, -0.2) is 51.8 Å². The highest BCUT2D eigenvalue weighted by Crippen LogP contribution is 2.25. The predicted molar refractivity (Wildman–Crippen MR) is 120 cm³/mol. The summed E-state index contributed by atoms with van der Waals surface area (Å²) in [6.07, 6.45) is 5.21. The van der Waals surface area contributed by atoms with Crippen molar-refractivity contribution in [2.75, 3.05) is 13.1 Å². The summed E-state index contributed by atoms with van der Waals surface area (Å²) >= 11 is 0. The van der Waals surface area contributed by atoms with Crippen molar-refractivity contribution in [1.82, 2.24) is 20.2 Å². The third-order valence-corrected chi connectivity index (χ3v) is 5.79. The number of piperidine rings is 1. The van der Waals surface area contributed by atoms with Crippen LogP contribution in [0.25, 0.3) is 0 Å². The Morgan fingerprint density at radius 2 is 1.97 bits per heavy atom. The first kappa shape index (κ1) is 23.5. The van der Waals surface area contributed by atoms with Crippen molar-refractivity contribution in [3.63, 3.8) is 0 Å². The number of carbonyl (C=O) groups is 3. The number of aromatic amines is 1. The molecular weight excluding hydrogens is 408 g/mol. The number of hydrogen-bond donors (Lipinski definition) is 2. The average Bonchev–Trinajstić information content (AvgIpc) is 3.06. The Hall–Kier alpha value is -3.16. The quantitative estimate of drug-likeness (QED) is 0.644. The molecule has 8 heteroatoms. The number of nitrogens with zero attached hydrogens (tertiary/aromatic N) is 2. The number of aryl methyl sites for hydroxylation is 1. The molecule has 1 aliphatic heterocycles. The molecule has 0 aromatic carbocycles. The van der Waals surface area contributed by atoms with E-state index in [0.29, 0.717) is 48.6 Å². The molecule has 2 aromatic heterocycles. The van der Waals surface area contributed by atoms with Gasteiger partial charge in [0.2, 0.25) is 5.91 Å². The molecule has 2 amide bonds. The summed E-state index contributed by atoms with van der Waals surface area (Å²) in [5.41, 5.74) is 3.09. The van der Waals surface area contributed by atoms with Gasteiger partial charge in [0.15, 0.2) is 0 Å². The van der Waals surface area contributed by atoms with E-state index in [9.17, 15) is 14.4 Å². The van der Waals surface area contributed by atoms with Crippen molar-refractivity contribution in [3.8, 4) is 0 Å². The number of nitrogens with one attached hydrogen (secondary N) is 2. The lowest BCUT2D eigenvalue weighted by atomic mass is 9.93. The minimum absolute atomic E-state index is 0.0165. The van der Waals surface area contributed by atoms with E-state index in [-0.39, 0.29) is 23.8 Å². The van der Waals surface area contributed by atoms with Crippen LogP contribution in [-0.2, 0) is 16.1 Å². The van der Waals surface area contributed by atoms with Gasteiger partial charge in [-0.2, -0.15) is 0 Å². The van der Waals surface area contributed by atoms with Crippen LogP contribution in [0.15, 0.2) is 24.5 Å². The molecule has 3 rings (SSSR count). The number of amides is 2. The zero-order chi connectivity index (χ0) is 23.3. The molecule has 0 unspecified atom stereocenters. The smallest absolute Gasteiger partial charge is 0.340 e. The average molecular weight is 441 g/mol. The predicted octanol–water partition coefficient (Wildman–Crippen LogP) is 3.15. The summed E-state index contributed by atoms with van der Waals surface area (Å²) in [6, 6.07) is 3.77. The highest BCUT2D eigenvalue weighted by atomic mass is 16.5. The molecule has 2 N–H and O–H groups in total. The summed E-state index contributed by atoms with van der Waals surface area (Å²) in [5, 5.41) is 2.94. The Kier molecular flexibility index (Phi) is 7.66. The largest absolute Gasteiger partial charge is 0.459 e. The summed E-state index contributed by atoms with van der Waals surface area (Å²) in [4.78, 5) is 46.7. The second-order valence-electron chi connectivity index (χ2n) is 8.66. The SMILES string of the molecule is Cc1[nH]c(C(=O)N2CCC(CC(=O)NCc3cccnc3)CC2)c(C)c1C(=O)OC(C)C. The third kappa shape index (κ3) is 5.75. The number of H-pyrrole nitrogens is 1. The van der Waals surface area contributed by atoms with Crippen LogP contribution in [0.1, 0.15) is 70.8 Å². The number of esters is 1. The summed E-state index contributed by atoms with van der Waals surface area (Å²) in [5.74, 6) is -0.270. The molecule has 3 heterocycles. The zero-order valence-electron chi connectivity index (χ0n) is 19.2. The van der Waals surface area contributed by atoms with Gasteiger partial charge in [-0.15, -0.1) is 0 Å². The van der Waals surface area contributed by atoms with Gasteiger partial charge in [0.25, 0.3) is 5.91 Å². The lowest BCUT2D eigenvalue weighted by Gasteiger charge is -2.31. The summed E-state index contributed by atoms with van der Waals surface area (Å²) in [6.45, 7) is 8.78. The van der Waals surface area contributed by atoms with E-state index in [2.05, 4.69) is 15.3 Å². The highest BCUT2D eigenvalue weighted by molar-refractivity contribution is 6.00. The van der Waals surface area contributed by atoms with E-state index in [0.717, 1.165) is 18.4 Å². The fourth-order valence-corrected chi connectivity index (χ4v) is 4.08. The lowest BCUT2D eigenvalue weighted by Crippen LogP contribution is -2.40. The maximum absolute atomic E-state index is 13.1. The van der Waals surface area contributed by atoms with Gasteiger partial charge < -0.3 is 19.9 Å². The molecule has 8 nitrogen and oxygen atoms in total. The van der Waals surface area contributed by atoms with Gasteiger partial charge in [-0.05, 0) is 63.6 Å². The van der Waals surface area contributed by atoms with Gasteiger partial charge in [-0.1, -0.05) is 6.07 Å². The maximum Gasteiger partial charge on any atom is 0.340 e. The van der Waals surface area contributed by atoms with Gasteiger partial charge in [0.05, 0.1) is 11.7 Å². The molecule has 1 saturated heterocycles. The summed E-state index contributed by atoms with van der Waals surface area (Å²) in [7, 11) is 0. The first-order chi connectivity index (χ1) is 15.3. The van der Waals surface area contributed by atoms with Crippen molar-refractivity contribution >= 4 is 17.8 Å². The molecule has 0 saturated carbocycles. The van der Waals surface area contributed by atoms with E-state index in [1.54, 1.807) is 45.0 Å². The zero-order valence-corrected chi connectivity index (χ0v) is 19.2. The number of likely N-dealkylation sites (tertiary alicyclic amines) is 1. The van der Waals surface area contributed by atoms with E-state index in [4.69, 9.17) is 4.74 Å². The number of hydrogen-bond acceptors (Lipinski definition) is 5. The minimum Gasteiger partial charge on any atom is -0.459 e. The topological polar surface area (TPSA) is 104 Å². The fraction of sp³-hybridized carbons (Fsp3) is 0.500. The van der Waals surface area contributed by atoms with Crippen molar-refractivity contribution in [3.05, 3.63) is 52.6 Å². The Morgan fingerprint density at radius 1 is 1.25 bits per heavy atom. The highest BCUT2D eigenvalue weighted by Gasteiger charge is 2.29. The van der Waals surface area contributed by atoms with E-state index in [1.165, 1.54) is 0 Å². The van der Waals surface area contributed by atoms with Gasteiger partial charge in [-0.25, -0.2) is 4.79 Å². The normalized spacial score (nSPS) is 14.5. The molecular formula is C24H32N4O4. The first-order valence-electron chi connectivity index (χ1n) is 11.1. The Labute approximate surface area is 188 Å². The maximum atomic E-state index is 13.1. The fourth-order valence-electron chi connectivity index (χ4n) is 4.08. The minimum atomic E-state index is -0.415. The van der Waals surface area contributed by atoms with Crippen LogP contribution >= 0.6 is 0 Å². The molecule has 172 valence electrons. The van der Waals surface area contributed by atoms with Crippen LogP contribution in [0, 0.1) is 19.8 Å². The molecule has 0 spiro atoms. The molecule has 0 aliphatic carbocycles. The van der Waals surface area contributed by atoms with Crippen LogP contribution in [0.3, 0.4) is 0 Å². The molecule has 0 atom stereocenters. The molecule has 0 radical (unpaired) electrons. The monoisotopic (exact) mass is 440 g/mol. The van der Waals surface area contributed by atoms with Crippen molar-refractivity contribution in [2.45, 2.75) is 59.6 Å². The molecule has 0 bridgehead atoms. The second-order valence-corrected chi connectivity index (χ2v) is 8.66. The van der Waals surface area contributed by atoms with Gasteiger partial charge in [0.1, 0.15) is 5.69 Å². The molecule has 1 fully saturated rings. The first-order valence-corrected chi connectivity index (χ1v) is 11.1. The van der Waals surface area contributed by atoms with Crippen LogP contribution < -0.4 is 5.32 Å². The van der Waals surface area contributed by atoms with E-state index < -0.39 is 5.97 Å². The van der Waals surface area contributed by atoms with Gasteiger partial charge in [-0.3, -0.25) is 14.6 Å². The molecule has 32 heavy (non-hydrogen) atoms. The number of carbonyl (C=O) groups excluding carboxylic acids is 3. The number of aromatic nitrogens is 2. The summed E-state index contributed by atoms with van der Waals surface area (Å²) < 4.78 is 5.31. The standard InChI is InChI=1S/C24H32N4O4/c1-15(2)32-24(31)21-16(3)22(27-17(21)4)23(30)28-10-7-18(8-11-28)12-20(29)26-14-19-6-5-9-25-13-19/h5-6,9,13,15,18,27H,7-8,10-12,14H2,1-4H3,(H,26,29). The lowest BCUT2D eigenvalue weighted by molar-refractivity contribution is -0.122. The number of ether oxygens (including phenoxy) is 1. The van der Waals surface area contributed by atoms with Crippen molar-refractivity contribution in [1.29, 1.82) is 0 Å². The molecule has 2 aromatic rings. The number of rotatable bonds is 7. The number of pyridine rings is 1. The molecule has 1 aliphatic rings. The van der Waals surface area contributed by atoms with Crippen LogP contribution in [0.5, 0.6) is 0 Å². The Morgan fingerprint density at radius 3 is 2.59 bits per heavy atom.